The second-order valence-corrected chi connectivity index (χ2v) is 5.25. The van der Waals surface area contributed by atoms with Crippen LogP contribution in [0, 0.1) is 5.92 Å². The maximum Gasteiger partial charge on any atom is 0.329 e. The molecule has 1 atom stereocenters. The molecule has 104 valence electrons. The average molecular weight is 256 g/mol. The van der Waals surface area contributed by atoms with Gasteiger partial charge in [-0.05, 0) is 19.9 Å². The van der Waals surface area contributed by atoms with Gasteiger partial charge in [-0.15, -0.1) is 0 Å². The highest BCUT2D eigenvalue weighted by Crippen LogP contribution is 2.27. The molecule has 18 heavy (non-hydrogen) atoms. The number of carbonyl (C=O) groups excluding carboxylic acids is 1. The molecule has 1 amide bonds. The average Bonchev–Trinajstić information content (AvgIpc) is 2.56. The fourth-order valence-electron chi connectivity index (χ4n) is 2.48. The third-order valence-corrected chi connectivity index (χ3v) is 3.69. The fourth-order valence-corrected chi connectivity index (χ4v) is 2.48. The summed E-state index contributed by atoms with van der Waals surface area (Å²) in [6, 6.07) is 0. The summed E-state index contributed by atoms with van der Waals surface area (Å²) in [4.78, 5) is 23.5. The molecule has 0 bridgehead atoms. The monoisotopic (exact) mass is 256 g/mol. The van der Waals surface area contributed by atoms with Gasteiger partial charge in [-0.2, -0.15) is 0 Å². The number of carboxylic acid groups (broad SMARTS) is 1. The van der Waals surface area contributed by atoms with Gasteiger partial charge in [0.1, 0.15) is 5.54 Å². The Kier molecular flexibility index (Phi) is 5.59. The number of nitrogens with one attached hydrogen (secondary N) is 2. The van der Waals surface area contributed by atoms with Crippen molar-refractivity contribution in [3.8, 4) is 0 Å². The molecule has 1 aliphatic rings. The van der Waals surface area contributed by atoms with Crippen molar-refractivity contribution >= 4 is 11.9 Å². The van der Waals surface area contributed by atoms with Crippen LogP contribution in [-0.2, 0) is 9.59 Å². The Balaban J connectivity index is 2.72. The van der Waals surface area contributed by atoms with Crippen LogP contribution in [0.5, 0.6) is 0 Å². The van der Waals surface area contributed by atoms with E-state index in [2.05, 4.69) is 10.6 Å². The molecule has 1 saturated carbocycles. The Morgan fingerprint density at radius 1 is 1.22 bits per heavy atom. The van der Waals surface area contributed by atoms with Crippen LogP contribution in [0.15, 0.2) is 0 Å². The molecule has 0 saturated heterocycles. The second-order valence-electron chi connectivity index (χ2n) is 5.25. The topological polar surface area (TPSA) is 78.4 Å². The zero-order chi connectivity index (χ0) is 13.6. The lowest BCUT2D eigenvalue weighted by atomic mass is 9.89. The van der Waals surface area contributed by atoms with Gasteiger partial charge in [-0.3, -0.25) is 4.79 Å². The maximum absolute atomic E-state index is 12.0. The largest absolute Gasteiger partial charge is 0.480 e. The molecule has 1 aliphatic carbocycles. The van der Waals surface area contributed by atoms with Crippen LogP contribution < -0.4 is 10.6 Å². The summed E-state index contributed by atoms with van der Waals surface area (Å²) in [6.07, 6.45) is 4.93. The van der Waals surface area contributed by atoms with E-state index in [9.17, 15) is 14.7 Å². The Hall–Kier alpha value is -1.10. The molecule has 3 N–H and O–H groups in total. The lowest BCUT2D eigenvalue weighted by Crippen LogP contribution is -2.56. The van der Waals surface area contributed by atoms with Gasteiger partial charge in [0, 0.05) is 12.5 Å². The molecule has 0 heterocycles. The van der Waals surface area contributed by atoms with Gasteiger partial charge in [0.25, 0.3) is 0 Å². The number of carbonyl (C=O) groups is 2. The van der Waals surface area contributed by atoms with Crippen LogP contribution in [0.4, 0.5) is 0 Å². The molecule has 0 radical (unpaired) electrons. The molecule has 1 fully saturated rings. The molecule has 0 spiro atoms. The van der Waals surface area contributed by atoms with Gasteiger partial charge in [0.05, 0.1) is 0 Å². The molecule has 0 aliphatic heterocycles. The Morgan fingerprint density at radius 3 is 2.22 bits per heavy atom. The third-order valence-electron chi connectivity index (χ3n) is 3.69. The number of amides is 1. The van der Waals surface area contributed by atoms with E-state index in [0.29, 0.717) is 19.4 Å². The second kappa shape index (κ2) is 6.73. The van der Waals surface area contributed by atoms with Crippen LogP contribution in [0.1, 0.15) is 45.4 Å². The summed E-state index contributed by atoms with van der Waals surface area (Å²) in [5, 5.41) is 15.2. The van der Waals surface area contributed by atoms with E-state index >= 15 is 0 Å². The molecular weight excluding hydrogens is 232 g/mol. The van der Waals surface area contributed by atoms with Crippen LogP contribution in [0.25, 0.3) is 0 Å². The highest BCUT2D eigenvalue weighted by molar-refractivity contribution is 5.88. The van der Waals surface area contributed by atoms with Crippen molar-refractivity contribution in [2.24, 2.45) is 5.92 Å². The Bertz CT molecular complexity index is 297. The SMILES string of the molecule is CNCC(C)C(=O)NC1(C(=O)O)CCCCCC1. The summed E-state index contributed by atoms with van der Waals surface area (Å²) < 4.78 is 0. The molecule has 1 rings (SSSR count). The van der Waals surface area contributed by atoms with Crippen LogP contribution in [0.2, 0.25) is 0 Å². The van der Waals surface area contributed by atoms with E-state index < -0.39 is 11.5 Å². The zero-order valence-electron chi connectivity index (χ0n) is 11.3. The minimum Gasteiger partial charge on any atom is -0.480 e. The smallest absolute Gasteiger partial charge is 0.329 e. The molecule has 1 unspecified atom stereocenters. The first kappa shape index (κ1) is 15.0. The Morgan fingerprint density at radius 2 is 1.78 bits per heavy atom. The van der Waals surface area contributed by atoms with Gasteiger partial charge in [0.2, 0.25) is 5.91 Å². The summed E-state index contributed by atoms with van der Waals surface area (Å²) in [5.74, 6) is -1.28. The first-order valence-corrected chi connectivity index (χ1v) is 6.72. The van der Waals surface area contributed by atoms with Gasteiger partial charge < -0.3 is 15.7 Å². The van der Waals surface area contributed by atoms with E-state index in [4.69, 9.17) is 0 Å². The lowest BCUT2D eigenvalue weighted by molar-refractivity contribution is -0.149. The van der Waals surface area contributed by atoms with Gasteiger partial charge >= 0.3 is 5.97 Å². The zero-order valence-corrected chi connectivity index (χ0v) is 11.3. The summed E-state index contributed by atoms with van der Waals surface area (Å²) in [6.45, 7) is 2.36. The fraction of sp³-hybridized carbons (Fsp3) is 0.846. The highest BCUT2D eigenvalue weighted by atomic mass is 16.4. The first-order valence-electron chi connectivity index (χ1n) is 6.72. The summed E-state index contributed by atoms with van der Waals surface area (Å²) in [5.41, 5.74) is -1.05. The van der Waals surface area contributed by atoms with Crippen molar-refractivity contribution in [3.63, 3.8) is 0 Å². The summed E-state index contributed by atoms with van der Waals surface area (Å²) >= 11 is 0. The molecule has 0 aromatic rings. The van der Waals surface area contributed by atoms with Crippen molar-refractivity contribution in [1.29, 1.82) is 0 Å². The predicted octanol–water partition coefficient (Wildman–Crippen LogP) is 1.14. The van der Waals surface area contributed by atoms with Crippen molar-refractivity contribution in [3.05, 3.63) is 0 Å². The highest BCUT2D eigenvalue weighted by Gasteiger charge is 2.40. The third kappa shape index (κ3) is 3.70. The molecule has 0 aromatic carbocycles. The van der Waals surface area contributed by atoms with Crippen molar-refractivity contribution < 1.29 is 14.7 Å². The van der Waals surface area contributed by atoms with E-state index in [1.54, 1.807) is 14.0 Å². The van der Waals surface area contributed by atoms with Crippen LogP contribution in [0.3, 0.4) is 0 Å². The normalized spacial score (nSPS) is 20.8. The number of carboxylic acids is 1. The van der Waals surface area contributed by atoms with E-state index in [0.717, 1.165) is 25.7 Å². The molecule has 5 nitrogen and oxygen atoms in total. The van der Waals surface area contributed by atoms with Crippen molar-refractivity contribution in [1.82, 2.24) is 10.6 Å². The van der Waals surface area contributed by atoms with Gasteiger partial charge in [0.15, 0.2) is 0 Å². The predicted molar refractivity (Wildman–Crippen MR) is 69.3 cm³/mol. The lowest BCUT2D eigenvalue weighted by Gasteiger charge is -2.30. The number of hydrogen-bond acceptors (Lipinski definition) is 3. The standard InChI is InChI=1S/C13H24N2O3/c1-10(9-14-2)11(16)15-13(12(17)18)7-5-3-4-6-8-13/h10,14H,3-9H2,1-2H3,(H,15,16)(H,17,18). The summed E-state index contributed by atoms with van der Waals surface area (Å²) in [7, 11) is 1.78. The minimum absolute atomic E-state index is 0.173. The van der Waals surface area contributed by atoms with Crippen LogP contribution in [-0.4, -0.2) is 36.1 Å². The first-order chi connectivity index (χ1) is 8.52. The number of hydrogen-bond donors (Lipinski definition) is 3. The van der Waals surface area contributed by atoms with Gasteiger partial charge in [-0.1, -0.05) is 32.6 Å². The van der Waals surface area contributed by atoms with E-state index in [1.807, 2.05) is 0 Å². The van der Waals surface area contributed by atoms with Crippen molar-refractivity contribution in [2.45, 2.75) is 51.0 Å². The van der Waals surface area contributed by atoms with Gasteiger partial charge in [-0.25, -0.2) is 4.79 Å². The minimum atomic E-state index is -1.05. The quantitative estimate of drug-likeness (QED) is 0.644. The van der Waals surface area contributed by atoms with Crippen LogP contribution >= 0.6 is 0 Å². The van der Waals surface area contributed by atoms with Crippen molar-refractivity contribution in [2.75, 3.05) is 13.6 Å². The molecule has 0 aromatic heterocycles. The number of rotatable bonds is 5. The molecule has 5 heteroatoms. The van der Waals surface area contributed by atoms with E-state index in [-0.39, 0.29) is 11.8 Å². The Labute approximate surface area is 108 Å². The van der Waals surface area contributed by atoms with E-state index in [1.165, 1.54) is 0 Å². The number of aliphatic carboxylic acids is 1. The molecular formula is C13H24N2O3. The maximum atomic E-state index is 12.0.